The molecule has 2 aromatic rings. The molecule has 0 spiro atoms. The van der Waals surface area contributed by atoms with Crippen molar-refractivity contribution in [2.45, 2.75) is 25.7 Å². The second kappa shape index (κ2) is 58.4. The van der Waals surface area contributed by atoms with Crippen molar-refractivity contribution in [2.24, 2.45) is 0 Å². The molecule has 0 N–H and O–H groups in total. The van der Waals surface area contributed by atoms with Crippen LogP contribution in [-0.2, 0) is 66.3 Å². The predicted molar refractivity (Wildman–Crippen MR) is 248 cm³/mol. The molecule has 4 fully saturated rings. The maximum Gasteiger partial charge on any atom is 0.269 e. The summed E-state index contributed by atoms with van der Waals surface area (Å²) < 4.78 is 73.8. The number of nitrogens with zero attached hydrogens (tertiary/aromatic N) is 2. The van der Waals surface area contributed by atoms with Gasteiger partial charge in [-0.25, -0.2) is 0 Å². The summed E-state index contributed by atoms with van der Waals surface area (Å²) in [5, 5.41) is 20.0. The fraction of sp³-hybridized carbons (Fsp3) is 0.727. The number of benzene rings is 2. The van der Waals surface area contributed by atoms with E-state index in [4.69, 9.17) is 66.3 Å². The van der Waals surface area contributed by atoms with Crippen molar-refractivity contribution < 1.29 is 76.2 Å². The number of para-hydroxylation sites is 2. The van der Waals surface area contributed by atoms with Gasteiger partial charge in [-0.05, 0) is 25.7 Å². The minimum Gasteiger partial charge on any atom is -0.381 e. The van der Waals surface area contributed by atoms with E-state index in [1.807, 2.05) is 0 Å². The second-order valence-electron chi connectivity index (χ2n) is 13.2. The first-order chi connectivity index (χ1) is 31.6. The van der Waals surface area contributed by atoms with Gasteiger partial charge in [0.05, 0.1) is 168 Å². The van der Waals surface area contributed by atoms with Crippen LogP contribution in [-0.4, -0.2) is 333 Å². The Bertz CT molecular complexity index is 1000. The van der Waals surface area contributed by atoms with Crippen LogP contribution in [0.5, 0.6) is 0 Å². The first-order valence-corrected chi connectivity index (χ1v) is 22.1. The van der Waals surface area contributed by atoms with Crippen molar-refractivity contribution in [1.29, 1.82) is 0 Å². The van der Waals surface area contributed by atoms with Crippen LogP contribution < -0.4 is 0 Å². The summed E-state index contributed by atoms with van der Waals surface area (Å²) in [6.07, 6.45) is 5.11. The Morgan fingerprint density at radius 3 is 0.485 bits per heavy atom. The number of nitro groups is 2. The topological polar surface area (TPSA) is 216 Å². The minimum atomic E-state index is -0.417. The standard InChI is InChI=1S/2C12H24O6.2C6H5NO2.2C4H8O.2Cs/c2*1-2-14-5-6-16-9-10-18-12-11-17-8-7-15-4-3-13-1;2*8-7(9)6-4-2-1-3-5-6;2*1-2-4-5-3-1;;/h2*1-12H2;2*1-5H;2*1-4H2;;. The average Bonchev–Trinajstić information content (AvgIpc) is 4.12. The van der Waals surface area contributed by atoms with Crippen molar-refractivity contribution in [3.63, 3.8) is 0 Å². The quantitative estimate of drug-likeness (QED) is 0.304. The summed E-state index contributed by atoms with van der Waals surface area (Å²) in [5.74, 6) is 0. The smallest absolute Gasteiger partial charge is 0.269 e. The van der Waals surface area contributed by atoms with E-state index in [-0.39, 0.29) is 149 Å². The molecule has 6 rings (SSSR count). The van der Waals surface area contributed by atoms with Gasteiger partial charge in [0.2, 0.25) is 0 Å². The van der Waals surface area contributed by atoms with E-state index in [1.165, 1.54) is 49.9 Å². The molecule has 0 saturated carbocycles. The third-order valence-electron chi connectivity index (χ3n) is 8.05. The molecule has 4 aliphatic heterocycles. The predicted octanol–water partition coefficient (Wildman–Crippen LogP) is 4.22. The maximum atomic E-state index is 10.0. The van der Waals surface area contributed by atoms with Crippen molar-refractivity contribution >= 4 is 149 Å². The molecule has 0 aliphatic carbocycles. The zero-order valence-electron chi connectivity index (χ0n) is 39.6. The maximum absolute atomic E-state index is 10.0. The van der Waals surface area contributed by atoms with Gasteiger partial charge in [0, 0.05) is 188 Å². The summed E-state index contributed by atoms with van der Waals surface area (Å²) in [6.45, 7) is 18.1. The molecule has 0 atom stereocenters. The van der Waals surface area contributed by atoms with E-state index in [0.29, 0.717) is 159 Å². The van der Waals surface area contributed by atoms with Crippen LogP contribution >= 0.6 is 0 Å². The molecule has 20 nitrogen and oxygen atoms in total. The molecule has 0 aromatic heterocycles. The van der Waals surface area contributed by atoms with Gasteiger partial charge in [-0.15, -0.1) is 0 Å². The Hall–Kier alpha value is 0.784. The summed E-state index contributed by atoms with van der Waals surface area (Å²) in [6, 6.07) is 15.9. The molecule has 4 aliphatic rings. The number of hydrogen-bond donors (Lipinski definition) is 0. The van der Waals surface area contributed by atoms with E-state index in [9.17, 15) is 20.2 Å². The molecule has 0 bridgehead atoms. The molecule has 2 radical (unpaired) electrons. The van der Waals surface area contributed by atoms with Crippen LogP contribution in [0.1, 0.15) is 25.7 Å². The SMILES string of the molecule is C1CCOC1.C1CCOC1.C1COCCOCCOCCOCCOCCO1.C1COCCOCCOCCOCCOCCO1.O=[N+]([O-])c1ccccc1.O=[N+]([O-])c1ccccc1.[Cs].[Cs]. The van der Waals surface area contributed by atoms with Crippen LogP contribution in [0, 0.1) is 20.2 Å². The Balaban J connectivity index is 0. The van der Waals surface area contributed by atoms with Crippen molar-refractivity contribution in [2.75, 3.05) is 185 Å². The van der Waals surface area contributed by atoms with Crippen LogP contribution in [0.2, 0.25) is 0 Å². The normalized spacial score (nSPS) is 19.2. The van der Waals surface area contributed by atoms with E-state index < -0.39 is 9.85 Å². The number of nitro benzene ring substituents is 2. The number of hydrogen-bond acceptors (Lipinski definition) is 18. The largest absolute Gasteiger partial charge is 0.381 e. The summed E-state index contributed by atoms with van der Waals surface area (Å²) in [7, 11) is 0. The van der Waals surface area contributed by atoms with Gasteiger partial charge in [-0.1, -0.05) is 36.4 Å². The Morgan fingerprint density at radius 2 is 0.394 bits per heavy atom. The van der Waals surface area contributed by atoms with Crippen LogP contribution in [0.4, 0.5) is 11.4 Å². The second-order valence-corrected chi connectivity index (χ2v) is 13.2. The van der Waals surface area contributed by atoms with Gasteiger partial charge < -0.3 is 66.3 Å². The summed E-state index contributed by atoms with van der Waals surface area (Å²) in [4.78, 5) is 19.2. The van der Waals surface area contributed by atoms with Gasteiger partial charge >= 0.3 is 0 Å². The molecule has 66 heavy (non-hydrogen) atoms. The minimum absolute atomic E-state index is 0. The van der Waals surface area contributed by atoms with Gasteiger partial charge in [-0.2, -0.15) is 0 Å². The van der Waals surface area contributed by atoms with Gasteiger partial charge in [0.25, 0.3) is 11.4 Å². The fourth-order valence-electron chi connectivity index (χ4n) is 4.76. The molecule has 22 heteroatoms. The molecule has 370 valence electrons. The van der Waals surface area contributed by atoms with Crippen molar-refractivity contribution in [1.82, 2.24) is 0 Å². The van der Waals surface area contributed by atoms with E-state index >= 15 is 0 Å². The van der Waals surface area contributed by atoms with Crippen molar-refractivity contribution in [3.8, 4) is 0 Å². The first kappa shape index (κ1) is 68.9. The third kappa shape index (κ3) is 52.6. The molecular weight excluding hydrogens is 1110 g/mol. The molecular formula is C44H74Cs2N2O18. The fourth-order valence-corrected chi connectivity index (χ4v) is 4.76. The van der Waals surface area contributed by atoms with Crippen LogP contribution in [0.15, 0.2) is 60.7 Å². The summed E-state index contributed by atoms with van der Waals surface area (Å²) in [5.41, 5.74) is 0.273. The Labute approximate surface area is 509 Å². The summed E-state index contributed by atoms with van der Waals surface area (Å²) >= 11 is 0. The van der Waals surface area contributed by atoms with E-state index in [0.717, 1.165) is 26.4 Å². The number of non-ortho nitro benzene ring substituents is 2. The number of rotatable bonds is 2. The van der Waals surface area contributed by atoms with Crippen molar-refractivity contribution in [3.05, 3.63) is 80.9 Å². The molecule has 0 unspecified atom stereocenters. The zero-order valence-corrected chi connectivity index (χ0v) is 52.2. The van der Waals surface area contributed by atoms with Gasteiger partial charge in [-0.3, -0.25) is 20.2 Å². The average molecular weight is 1180 g/mol. The molecule has 4 saturated heterocycles. The molecule has 4 heterocycles. The van der Waals surface area contributed by atoms with E-state index in [2.05, 4.69) is 0 Å². The van der Waals surface area contributed by atoms with Gasteiger partial charge in [0.1, 0.15) is 0 Å². The third-order valence-corrected chi connectivity index (χ3v) is 8.05. The van der Waals surface area contributed by atoms with E-state index in [1.54, 1.807) is 36.4 Å². The molecule has 2 aromatic carbocycles. The zero-order chi connectivity index (χ0) is 45.9. The first-order valence-electron chi connectivity index (χ1n) is 22.1. The van der Waals surface area contributed by atoms with Crippen LogP contribution in [0.25, 0.3) is 0 Å². The van der Waals surface area contributed by atoms with Gasteiger partial charge in [0.15, 0.2) is 0 Å². The number of ether oxygens (including phenoxy) is 14. The molecule has 0 amide bonds. The Morgan fingerprint density at radius 1 is 0.258 bits per heavy atom. The monoisotopic (exact) mass is 1180 g/mol. The van der Waals surface area contributed by atoms with Crippen LogP contribution in [0.3, 0.4) is 0 Å². The Kier molecular flexibility index (Phi) is 60.9.